The van der Waals surface area contributed by atoms with Gasteiger partial charge in [-0.3, -0.25) is 13.9 Å². The fourth-order valence-corrected chi connectivity index (χ4v) is 3.87. The van der Waals surface area contributed by atoms with Crippen LogP contribution in [0.3, 0.4) is 0 Å². The van der Waals surface area contributed by atoms with Crippen molar-refractivity contribution in [2.75, 3.05) is 13.1 Å². The third-order valence-electron chi connectivity index (χ3n) is 5.22. The Balaban J connectivity index is 1.61. The third kappa shape index (κ3) is 3.66. The molecule has 0 fully saturated rings. The Morgan fingerprint density at radius 3 is 2.38 bits per heavy atom. The summed E-state index contributed by atoms with van der Waals surface area (Å²) < 4.78 is 8.65. The minimum Gasteiger partial charge on any atom is -0.444 e. The molecule has 2 aromatic rings. The van der Waals surface area contributed by atoms with E-state index in [1.807, 2.05) is 51.1 Å². The molecule has 0 spiro atoms. The van der Waals surface area contributed by atoms with Gasteiger partial charge in [-0.25, -0.2) is 9.59 Å². The van der Waals surface area contributed by atoms with Crippen LogP contribution >= 0.6 is 0 Å². The molecule has 0 bridgehead atoms. The molecule has 0 aliphatic carbocycles. The van der Waals surface area contributed by atoms with E-state index < -0.39 is 11.7 Å². The standard InChI is InChI=1S/C21H26N4O4/c1-21(2,3)29-20(28)23-10-11-24-16(14-23)17-18(26)22(9-12-25(17)19(24)27)13-15-7-5-4-6-8-15/h4-8H,9-14H2,1-3H3. The van der Waals surface area contributed by atoms with Gasteiger partial charge < -0.3 is 14.5 Å². The second-order valence-corrected chi connectivity index (χ2v) is 8.50. The zero-order valence-electron chi connectivity index (χ0n) is 17.1. The van der Waals surface area contributed by atoms with E-state index in [9.17, 15) is 14.4 Å². The molecule has 0 saturated carbocycles. The number of imidazole rings is 1. The first kappa shape index (κ1) is 19.3. The van der Waals surface area contributed by atoms with E-state index in [0.717, 1.165) is 5.56 Å². The van der Waals surface area contributed by atoms with E-state index in [-0.39, 0.29) is 18.1 Å². The molecular formula is C21H26N4O4. The minimum absolute atomic E-state index is 0.169. The van der Waals surface area contributed by atoms with Crippen LogP contribution in [0.4, 0.5) is 4.79 Å². The van der Waals surface area contributed by atoms with Crippen LogP contribution in [0.1, 0.15) is 42.5 Å². The van der Waals surface area contributed by atoms with E-state index in [1.54, 1.807) is 18.9 Å². The number of carbonyl (C=O) groups is 2. The number of fused-ring (bicyclic) bond motifs is 3. The number of aromatic nitrogens is 2. The molecule has 1 aromatic heterocycles. The average Bonchev–Trinajstić information content (AvgIpc) is 2.96. The fourth-order valence-electron chi connectivity index (χ4n) is 3.87. The summed E-state index contributed by atoms with van der Waals surface area (Å²) in [6, 6.07) is 9.79. The largest absolute Gasteiger partial charge is 0.444 e. The lowest BCUT2D eigenvalue weighted by Crippen LogP contribution is -2.43. The van der Waals surface area contributed by atoms with E-state index in [4.69, 9.17) is 4.74 Å². The Kier molecular flexibility index (Phi) is 4.72. The Hall–Kier alpha value is -3.03. The summed E-state index contributed by atoms with van der Waals surface area (Å²) in [7, 11) is 0. The van der Waals surface area contributed by atoms with Gasteiger partial charge in [-0.1, -0.05) is 30.3 Å². The van der Waals surface area contributed by atoms with Gasteiger partial charge in [-0.2, -0.15) is 0 Å². The van der Waals surface area contributed by atoms with Crippen LogP contribution in [0, 0.1) is 0 Å². The van der Waals surface area contributed by atoms with Crippen LogP contribution in [0.25, 0.3) is 0 Å². The van der Waals surface area contributed by atoms with Crippen LogP contribution in [-0.2, 0) is 30.9 Å². The predicted octanol–water partition coefficient (Wildman–Crippen LogP) is 2.06. The molecule has 3 heterocycles. The lowest BCUT2D eigenvalue weighted by atomic mass is 10.1. The summed E-state index contributed by atoms with van der Waals surface area (Å²) in [6.45, 7) is 7.82. The third-order valence-corrected chi connectivity index (χ3v) is 5.22. The zero-order valence-corrected chi connectivity index (χ0v) is 17.1. The maximum Gasteiger partial charge on any atom is 0.410 e. The van der Waals surface area contributed by atoms with Crippen molar-refractivity contribution in [3.05, 3.63) is 57.8 Å². The molecule has 154 valence electrons. The molecule has 2 aliphatic rings. The van der Waals surface area contributed by atoms with Crippen LogP contribution in [0.2, 0.25) is 0 Å². The first-order valence-corrected chi connectivity index (χ1v) is 9.88. The van der Waals surface area contributed by atoms with Gasteiger partial charge in [0.15, 0.2) is 0 Å². The van der Waals surface area contributed by atoms with Crippen LogP contribution in [0.15, 0.2) is 35.1 Å². The molecule has 29 heavy (non-hydrogen) atoms. The van der Waals surface area contributed by atoms with Crippen LogP contribution in [-0.4, -0.2) is 49.6 Å². The first-order chi connectivity index (χ1) is 13.7. The van der Waals surface area contributed by atoms with Crippen molar-refractivity contribution in [1.29, 1.82) is 0 Å². The van der Waals surface area contributed by atoms with Gasteiger partial charge in [0.1, 0.15) is 11.3 Å². The van der Waals surface area contributed by atoms with E-state index in [1.165, 1.54) is 0 Å². The van der Waals surface area contributed by atoms with Gasteiger partial charge in [0, 0.05) is 32.7 Å². The number of amides is 2. The van der Waals surface area contributed by atoms with Crippen molar-refractivity contribution >= 4 is 12.0 Å². The number of hydrogen-bond acceptors (Lipinski definition) is 4. The summed E-state index contributed by atoms with van der Waals surface area (Å²) in [5.41, 5.74) is 1.25. The molecule has 0 radical (unpaired) electrons. The SMILES string of the molecule is CC(C)(C)OC(=O)N1CCn2c(c3n(c2=O)CCN(Cc2ccccc2)C3=O)C1. The van der Waals surface area contributed by atoms with Crippen molar-refractivity contribution in [3.8, 4) is 0 Å². The fraction of sp³-hybridized carbons (Fsp3) is 0.476. The molecule has 8 nitrogen and oxygen atoms in total. The number of nitrogens with zero attached hydrogens (tertiary/aromatic N) is 4. The highest BCUT2D eigenvalue weighted by Gasteiger charge is 2.36. The topological polar surface area (TPSA) is 76.8 Å². The second-order valence-electron chi connectivity index (χ2n) is 8.50. The van der Waals surface area contributed by atoms with Crippen molar-refractivity contribution < 1.29 is 14.3 Å². The molecular weight excluding hydrogens is 372 g/mol. The van der Waals surface area contributed by atoms with Crippen molar-refractivity contribution in [3.63, 3.8) is 0 Å². The van der Waals surface area contributed by atoms with E-state index in [2.05, 4.69) is 0 Å². The lowest BCUT2D eigenvalue weighted by Gasteiger charge is -2.32. The van der Waals surface area contributed by atoms with E-state index >= 15 is 0 Å². The van der Waals surface area contributed by atoms with Gasteiger partial charge in [0.05, 0.1) is 12.2 Å². The van der Waals surface area contributed by atoms with Crippen LogP contribution in [0.5, 0.6) is 0 Å². The zero-order chi connectivity index (χ0) is 20.8. The summed E-state index contributed by atoms with van der Waals surface area (Å²) >= 11 is 0. The number of ether oxygens (including phenoxy) is 1. The number of rotatable bonds is 2. The van der Waals surface area contributed by atoms with Gasteiger partial charge >= 0.3 is 11.8 Å². The highest BCUT2D eigenvalue weighted by molar-refractivity contribution is 5.94. The second kappa shape index (κ2) is 7.09. The molecule has 2 aliphatic heterocycles. The van der Waals surface area contributed by atoms with Gasteiger partial charge in [0.25, 0.3) is 5.91 Å². The van der Waals surface area contributed by atoms with Crippen molar-refractivity contribution in [1.82, 2.24) is 18.9 Å². The monoisotopic (exact) mass is 398 g/mol. The number of carbonyl (C=O) groups excluding carboxylic acids is 2. The summed E-state index contributed by atoms with van der Waals surface area (Å²) in [6.07, 6.45) is -0.430. The van der Waals surface area contributed by atoms with Crippen molar-refractivity contribution in [2.24, 2.45) is 0 Å². The first-order valence-electron chi connectivity index (χ1n) is 9.88. The van der Waals surface area contributed by atoms with Gasteiger partial charge in [0.2, 0.25) is 0 Å². The maximum absolute atomic E-state index is 13.2. The summed E-state index contributed by atoms with van der Waals surface area (Å²) in [4.78, 5) is 41.8. The predicted molar refractivity (Wildman–Crippen MR) is 107 cm³/mol. The maximum atomic E-state index is 13.2. The average molecular weight is 398 g/mol. The molecule has 4 rings (SSSR count). The number of hydrogen-bond donors (Lipinski definition) is 0. The van der Waals surface area contributed by atoms with Crippen molar-refractivity contribution in [2.45, 2.75) is 52.6 Å². The number of benzene rings is 1. The smallest absolute Gasteiger partial charge is 0.410 e. The van der Waals surface area contributed by atoms with Crippen LogP contribution < -0.4 is 5.69 Å². The van der Waals surface area contributed by atoms with E-state index in [0.29, 0.717) is 44.1 Å². The van der Waals surface area contributed by atoms with Gasteiger partial charge in [-0.05, 0) is 26.3 Å². The Morgan fingerprint density at radius 1 is 1.00 bits per heavy atom. The summed E-state index contributed by atoms with van der Waals surface area (Å²) in [5.74, 6) is -0.169. The Morgan fingerprint density at radius 2 is 1.69 bits per heavy atom. The Bertz CT molecular complexity index is 1000. The minimum atomic E-state index is -0.600. The molecule has 0 N–H and O–H groups in total. The molecule has 2 amide bonds. The molecule has 8 heteroatoms. The molecule has 0 saturated heterocycles. The lowest BCUT2D eigenvalue weighted by molar-refractivity contribution is 0.0196. The molecule has 1 aromatic carbocycles. The van der Waals surface area contributed by atoms with Gasteiger partial charge in [-0.15, -0.1) is 0 Å². The molecule has 0 atom stereocenters. The highest BCUT2D eigenvalue weighted by atomic mass is 16.6. The molecule has 0 unspecified atom stereocenters. The quantitative estimate of drug-likeness (QED) is 0.776. The normalized spacial score (nSPS) is 16.4. The summed E-state index contributed by atoms with van der Waals surface area (Å²) in [5, 5.41) is 0. The Labute approximate surface area is 169 Å². The highest BCUT2D eigenvalue weighted by Crippen LogP contribution is 2.23.